The molecule has 0 radical (unpaired) electrons. The number of rotatable bonds is 1. The molecular formula is C9H8N2O2. The molecule has 1 heterocycles. The minimum absolute atomic E-state index is 0.281. The van der Waals surface area contributed by atoms with Crippen LogP contribution in [0.15, 0.2) is 23.2 Å². The van der Waals surface area contributed by atoms with Crippen LogP contribution in [0.2, 0.25) is 0 Å². The van der Waals surface area contributed by atoms with E-state index >= 15 is 0 Å². The Labute approximate surface area is 74.7 Å². The summed E-state index contributed by atoms with van der Waals surface area (Å²) in [6.07, 6.45) is 0.552. The van der Waals surface area contributed by atoms with Crippen molar-refractivity contribution in [2.75, 3.05) is 0 Å². The highest BCUT2D eigenvalue weighted by atomic mass is 16.4. The predicted octanol–water partition coefficient (Wildman–Crippen LogP) is 0.930. The van der Waals surface area contributed by atoms with Gasteiger partial charge in [0.25, 0.3) is 0 Å². The van der Waals surface area contributed by atoms with Crippen LogP contribution in [-0.2, 0) is 6.42 Å². The molecule has 0 atom stereocenters. The first-order valence-electron chi connectivity index (χ1n) is 3.86. The van der Waals surface area contributed by atoms with Gasteiger partial charge in [0.15, 0.2) is 0 Å². The molecule has 0 aromatic heterocycles. The fourth-order valence-electron chi connectivity index (χ4n) is 1.36. The summed E-state index contributed by atoms with van der Waals surface area (Å²) in [5.41, 5.74) is 7.46. The van der Waals surface area contributed by atoms with Crippen LogP contribution in [-0.4, -0.2) is 16.9 Å². The highest BCUT2D eigenvalue weighted by molar-refractivity contribution is 5.94. The number of amidine groups is 1. The van der Waals surface area contributed by atoms with E-state index in [2.05, 4.69) is 4.99 Å². The summed E-state index contributed by atoms with van der Waals surface area (Å²) in [6.45, 7) is 0. The number of aromatic carboxylic acids is 1. The van der Waals surface area contributed by atoms with Crippen LogP contribution in [0.1, 0.15) is 15.9 Å². The molecular weight excluding hydrogens is 168 g/mol. The van der Waals surface area contributed by atoms with Gasteiger partial charge in [0.1, 0.15) is 5.84 Å². The monoisotopic (exact) mass is 176 g/mol. The Morgan fingerprint density at radius 1 is 1.54 bits per heavy atom. The third-order valence-electron chi connectivity index (χ3n) is 1.96. The minimum atomic E-state index is -0.923. The second-order valence-electron chi connectivity index (χ2n) is 2.93. The van der Waals surface area contributed by atoms with Crippen molar-refractivity contribution in [1.29, 1.82) is 0 Å². The maximum atomic E-state index is 10.6. The molecule has 1 aromatic rings. The molecule has 0 unspecified atom stereocenters. The van der Waals surface area contributed by atoms with Crippen molar-refractivity contribution in [3.63, 3.8) is 0 Å². The molecule has 4 nitrogen and oxygen atoms in total. The fraction of sp³-hybridized carbons (Fsp3) is 0.111. The highest BCUT2D eigenvalue weighted by Gasteiger charge is 2.13. The zero-order valence-electron chi connectivity index (χ0n) is 6.82. The SMILES string of the molecule is NC1=Nc2ccc(C(=O)O)cc2C1. The molecule has 13 heavy (non-hydrogen) atoms. The van der Waals surface area contributed by atoms with Crippen molar-refractivity contribution in [2.45, 2.75) is 6.42 Å². The molecule has 0 saturated carbocycles. The van der Waals surface area contributed by atoms with Crippen LogP contribution in [0.5, 0.6) is 0 Å². The lowest BCUT2D eigenvalue weighted by Crippen LogP contribution is -2.10. The average Bonchev–Trinajstić information content (AvgIpc) is 2.42. The number of carbonyl (C=O) groups is 1. The molecule has 3 N–H and O–H groups in total. The van der Waals surface area contributed by atoms with E-state index in [1.165, 1.54) is 6.07 Å². The summed E-state index contributed by atoms with van der Waals surface area (Å²) in [5, 5.41) is 8.71. The zero-order valence-corrected chi connectivity index (χ0v) is 6.82. The van der Waals surface area contributed by atoms with Crippen LogP contribution in [0.4, 0.5) is 5.69 Å². The number of nitrogens with zero attached hydrogens (tertiary/aromatic N) is 1. The summed E-state index contributed by atoms with van der Waals surface area (Å²) >= 11 is 0. The third-order valence-corrected chi connectivity index (χ3v) is 1.96. The first kappa shape index (κ1) is 7.79. The van der Waals surface area contributed by atoms with E-state index in [0.29, 0.717) is 12.3 Å². The average molecular weight is 176 g/mol. The smallest absolute Gasteiger partial charge is 0.335 e. The molecule has 0 fully saturated rings. The molecule has 2 rings (SSSR count). The molecule has 0 spiro atoms. The number of hydrogen-bond donors (Lipinski definition) is 2. The van der Waals surface area contributed by atoms with Gasteiger partial charge in [-0.2, -0.15) is 0 Å². The Balaban J connectivity index is 2.45. The summed E-state index contributed by atoms with van der Waals surface area (Å²) in [7, 11) is 0. The molecule has 1 aliphatic rings. The first-order chi connectivity index (χ1) is 6.16. The molecule has 4 heteroatoms. The Hall–Kier alpha value is -1.84. The number of fused-ring (bicyclic) bond motifs is 1. The van der Waals surface area contributed by atoms with Gasteiger partial charge < -0.3 is 10.8 Å². The summed E-state index contributed by atoms with van der Waals surface area (Å²) in [4.78, 5) is 14.7. The zero-order chi connectivity index (χ0) is 9.42. The standard InChI is InChI=1S/C9H8N2O2/c10-8-4-6-3-5(9(12)13)1-2-7(6)11-8/h1-3H,4H2,(H2,10,11)(H,12,13). The van der Waals surface area contributed by atoms with Crippen LogP contribution in [0.25, 0.3) is 0 Å². The van der Waals surface area contributed by atoms with E-state index in [1.54, 1.807) is 12.1 Å². The molecule has 0 bridgehead atoms. The lowest BCUT2D eigenvalue weighted by molar-refractivity contribution is 0.0697. The number of carboxylic acid groups (broad SMARTS) is 1. The van der Waals surface area contributed by atoms with Crippen LogP contribution >= 0.6 is 0 Å². The molecule has 1 aliphatic heterocycles. The van der Waals surface area contributed by atoms with E-state index in [1.807, 2.05) is 0 Å². The summed E-state index contributed by atoms with van der Waals surface area (Å²) < 4.78 is 0. The largest absolute Gasteiger partial charge is 0.478 e. The maximum Gasteiger partial charge on any atom is 0.335 e. The first-order valence-corrected chi connectivity index (χ1v) is 3.86. The normalized spacial score (nSPS) is 13.7. The van der Waals surface area contributed by atoms with E-state index in [-0.39, 0.29) is 5.56 Å². The third kappa shape index (κ3) is 1.26. The predicted molar refractivity (Wildman–Crippen MR) is 48.4 cm³/mol. The van der Waals surface area contributed by atoms with Crippen molar-refractivity contribution in [2.24, 2.45) is 10.7 Å². The number of benzene rings is 1. The van der Waals surface area contributed by atoms with E-state index in [0.717, 1.165) is 11.3 Å². The Bertz CT molecular complexity index is 410. The van der Waals surface area contributed by atoms with Crippen LogP contribution < -0.4 is 5.73 Å². The quantitative estimate of drug-likeness (QED) is 0.668. The molecule has 0 saturated heterocycles. The van der Waals surface area contributed by atoms with Crippen molar-refractivity contribution in [3.05, 3.63) is 29.3 Å². The van der Waals surface area contributed by atoms with Crippen molar-refractivity contribution in [3.8, 4) is 0 Å². The van der Waals surface area contributed by atoms with E-state index in [9.17, 15) is 4.79 Å². The van der Waals surface area contributed by atoms with Gasteiger partial charge in [-0.15, -0.1) is 0 Å². The Morgan fingerprint density at radius 3 is 3.00 bits per heavy atom. The Kier molecular flexibility index (Phi) is 1.55. The van der Waals surface area contributed by atoms with Gasteiger partial charge in [-0.1, -0.05) is 0 Å². The summed E-state index contributed by atoms with van der Waals surface area (Å²) in [6, 6.07) is 4.82. The van der Waals surface area contributed by atoms with Crippen molar-refractivity contribution >= 4 is 17.5 Å². The van der Waals surface area contributed by atoms with E-state index < -0.39 is 5.97 Å². The molecule has 0 amide bonds. The van der Waals surface area contributed by atoms with Crippen LogP contribution in [0.3, 0.4) is 0 Å². The highest BCUT2D eigenvalue weighted by Crippen LogP contribution is 2.26. The number of aliphatic imine (C=N–C) groups is 1. The van der Waals surface area contributed by atoms with Gasteiger partial charge in [-0.3, -0.25) is 0 Å². The molecule has 66 valence electrons. The topological polar surface area (TPSA) is 75.7 Å². The van der Waals surface area contributed by atoms with Crippen molar-refractivity contribution < 1.29 is 9.90 Å². The van der Waals surface area contributed by atoms with Crippen molar-refractivity contribution in [1.82, 2.24) is 0 Å². The van der Waals surface area contributed by atoms with Gasteiger partial charge in [-0.05, 0) is 23.8 Å². The second kappa shape index (κ2) is 2.58. The van der Waals surface area contributed by atoms with Gasteiger partial charge in [-0.25, -0.2) is 9.79 Å². The lowest BCUT2D eigenvalue weighted by Gasteiger charge is -1.98. The van der Waals surface area contributed by atoms with Gasteiger partial charge in [0, 0.05) is 6.42 Å². The number of nitrogens with two attached hydrogens (primary N) is 1. The second-order valence-corrected chi connectivity index (χ2v) is 2.93. The maximum absolute atomic E-state index is 10.6. The van der Waals surface area contributed by atoms with Crippen LogP contribution in [0, 0.1) is 0 Å². The van der Waals surface area contributed by atoms with Gasteiger partial charge in [0.2, 0.25) is 0 Å². The number of hydrogen-bond acceptors (Lipinski definition) is 3. The van der Waals surface area contributed by atoms with E-state index in [4.69, 9.17) is 10.8 Å². The molecule has 1 aromatic carbocycles. The Morgan fingerprint density at radius 2 is 2.31 bits per heavy atom. The lowest BCUT2D eigenvalue weighted by atomic mass is 10.1. The summed E-state index contributed by atoms with van der Waals surface area (Å²) in [5.74, 6) is -0.384. The van der Waals surface area contributed by atoms with Gasteiger partial charge in [0.05, 0.1) is 11.3 Å². The number of carboxylic acids is 1. The van der Waals surface area contributed by atoms with Gasteiger partial charge >= 0.3 is 5.97 Å². The molecule has 0 aliphatic carbocycles. The minimum Gasteiger partial charge on any atom is -0.478 e. The fourth-order valence-corrected chi connectivity index (χ4v) is 1.36.